The standard InChI is InChI=1S/C29H29Cl2NO10/c1-14(33)38-13-23-26(39-15(2)34)27(40-16(3)35)28(41-17(4)36)29(42-23)32-12-20(24-21(31)6-5-7-22(24)32)25(37)18-8-10-19(30)11-9-18/h5-12,23,25-29,37H,13H2,1-4H3/t23-,25?,26-,27+,28-,29?/m1/s1/i1D,2D,3D,4D. The van der Waals surface area contributed by atoms with Crippen LogP contribution < -0.4 is 0 Å². The van der Waals surface area contributed by atoms with Crippen LogP contribution in [-0.4, -0.2) is 64.6 Å². The third-order valence-corrected chi connectivity index (χ3v) is 6.98. The number of carbonyl (C=O) groups is 4. The minimum absolute atomic E-state index is 0.232. The van der Waals surface area contributed by atoms with Crippen LogP contribution in [0, 0.1) is 0 Å². The molecular formula is C29H29Cl2NO10. The lowest BCUT2D eigenvalue weighted by Gasteiger charge is -2.44. The molecule has 0 amide bonds. The molecule has 6 atom stereocenters. The molecule has 224 valence electrons. The van der Waals surface area contributed by atoms with E-state index in [0.717, 1.165) is 0 Å². The van der Waals surface area contributed by atoms with E-state index in [9.17, 15) is 24.3 Å². The van der Waals surface area contributed by atoms with E-state index in [1.807, 2.05) is 0 Å². The number of fused-ring (bicyclic) bond motifs is 1. The average molecular weight is 626 g/mol. The number of hydrogen-bond acceptors (Lipinski definition) is 10. The number of aliphatic hydroxyl groups is 1. The van der Waals surface area contributed by atoms with Gasteiger partial charge in [0.25, 0.3) is 0 Å². The Kier molecular flexibility index (Phi) is 8.13. The molecule has 2 heterocycles. The first-order chi connectivity index (χ1) is 22.0. The molecule has 1 aliphatic heterocycles. The summed E-state index contributed by atoms with van der Waals surface area (Å²) in [6.45, 7) is -3.97. The molecule has 0 saturated carbocycles. The molecule has 1 fully saturated rings. The lowest BCUT2D eigenvalue weighted by atomic mass is 9.97. The molecule has 1 N–H and O–H groups in total. The number of ether oxygens (including phenoxy) is 5. The molecule has 13 heteroatoms. The molecule has 2 unspecified atom stereocenters. The summed E-state index contributed by atoms with van der Waals surface area (Å²) in [5.74, 6) is -4.23. The number of hydrogen-bond donors (Lipinski definition) is 1. The van der Waals surface area contributed by atoms with Crippen LogP contribution in [0.3, 0.4) is 0 Å². The maximum Gasteiger partial charge on any atom is 0.303 e. The van der Waals surface area contributed by atoms with E-state index < -0.39 is 94.8 Å². The molecule has 1 aromatic heterocycles. The third-order valence-electron chi connectivity index (χ3n) is 6.41. The molecule has 4 rings (SSSR count). The molecule has 0 aliphatic carbocycles. The molecule has 0 spiro atoms. The summed E-state index contributed by atoms with van der Waals surface area (Å²) < 4.78 is 58.9. The number of halogens is 2. The Morgan fingerprint density at radius 2 is 1.52 bits per heavy atom. The molecular weight excluding hydrogens is 593 g/mol. The van der Waals surface area contributed by atoms with Crippen LogP contribution in [0.2, 0.25) is 10.0 Å². The fourth-order valence-corrected chi connectivity index (χ4v) is 5.23. The Bertz CT molecular complexity index is 1570. The van der Waals surface area contributed by atoms with Crippen molar-refractivity contribution in [1.29, 1.82) is 0 Å². The van der Waals surface area contributed by atoms with Gasteiger partial charge >= 0.3 is 23.9 Å². The molecule has 1 aliphatic rings. The smallest absolute Gasteiger partial charge is 0.303 e. The Labute approximate surface area is 256 Å². The van der Waals surface area contributed by atoms with Crippen molar-refractivity contribution in [2.45, 2.75) is 64.3 Å². The van der Waals surface area contributed by atoms with Gasteiger partial charge < -0.3 is 33.4 Å². The van der Waals surface area contributed by atoms with Gasteiger partial charge in [-0.2, -0.15) is 0 Å². The van der Waals surface area contributed by atoms with E-state index >= 15 is 0 Å². The number of carbonyl (C=O) groups excluding carboxylic acids is 4. The molecule has 3 aromatic rings. The summed E-state index contributed by atoms with van der Waals surface area (Å²) in [5.41, 5.74) is 1.09. The highest BCUT2D eigenvalue weighted by atomic mass is 35.5. The summed E-state index contributed by atoms with van der Waals surface area (Å²) in [4.78, 5) is 49.3. The van der Waals surface area contributed by atoms with Gasteiger partial charge in [0, 0.05) is 55.3 Å². The number of aromatic nitrogens is 1. The summed E-state index contributed by atoms with van der Waals surface area (Å²) in [6, 6.07) is 11.2. The largest absolute Gasteiger partial charge is 0.463 e. The zero-order chi connectivity index (χ0) is 33.5. The van der Waals surface area contributed by atoms with Crippen LogP contribution in [-0.2, 0) is 42.9 Å². The van der Waals surface area contributed by atoms with Gasteiger partial charge in [-0.05, 0) is 29.8 Å². The number of benzene rings is 2. The van der Waals surface area contributed by atoms with Crippen LogP contribution in [0.4, 0.5) is 0 Å². The predicted molar refractivity (Wildman–Crippen MR) is 150 cm³/mol. The molecule has 0 radical (unpaired) electrons. The van der Waals surface area contributed by atoms with Crippen molar-refractivity contribution in [3.8, 4) is 0 Å². The van der Waals surface area contributed by atoms with Crippen LogP contribution >= 0.6 is 23.2 Å². The summed E-state index contributed by atoms with van der Waals surface area (Å²) in [7, 11) is 0. The molecule has 42 heavy (non-hydrogen) atoms. The average Bonchev–Trinajstić information content (AvgIpc) is 3.45. The van der Waals surface area contributed by atoms with Crippen LogP contribution in [0.15, 0.2) is 48.7 Å². The van der Waals surface area contributed by atoms with Crippen LogP contribution in [0.25, 0.3) is 10.9 Å². The Balaban J connectivity index is 1.92. The number of esters is 4. The molecule has 2 aromatic carbocycles. The zero-order valence-electron chi connectivity index (χ0n) is 25.9. The molecule has 11 nitrogen and oxygen atoms in total. The Morgan fingerprint density at radius 3 is 2.17 bits per heavy atom. The van der Waals surface area contributed by atoms with Crippen molar-refractivity contribution in [2.24, 2.45) is 0 Å². The first-order valence-corrected chi connectivity index (χ1v) is 13.1. The fraction of sp³-hybridized carbons (Fsp3) is 0.379. The van der Waals surface area contributed by atoms with E-state index in [4.69, 9.17) is 52.4 Å². The second-order valence-corrected chi connectivity index (χ2v) is 10.0. The predicted octanol–water partition coefficient (Wildman–Crippen LogP) is 4.29. The lowest BCUT2D eigenvalue weighted by Crippen LogP contribution is -2.60. The van der Waals surface area contributed by atoms with E-state index in [1.54, 1.807) is 42.5 Å². The number of rotatable bonds is 8. The fourth-order valence-electron chi connectivity index (χ4n) is 4.83. The number of aliphatic hydroxyl groups excluding tert-OH is 1. The normalized spacial score (nSPS) is 23.9. The first-order valence-electron chi connectivity index (χ1n) is 15.1. The van der Waals surface area contributed by atoms with Crippen molar-refractivity contribution >= 4 is 58.0 Å². The minimum Gasteiger partial charge on any atom is -0.463 e. The van der Waals surface area contributed by atoms with E-state index in [2.05, 4.69) is 0 Å². The van der Waals surface area contributed by atoms with Gasteiger partial charge in [-0.25, -0.2) is 0 Å². The maximum absolute atomic E-state index is 12.6. The second kappa shape index (κ2) is 13.1. The lowest BCUT2D eigenvalue weighted by molar-refractivity contribution is -0.267. The molecule has 0 bridgehead atoms. The van der Waals surface area contributed by atoms with Crippen LogP contribution in [0.1, 0.15) is 56.5 Å². The number of nitrogens with zero attached hydrogens (tertiary/aromatic N) is 1. The van der Waals surface area contributed by atoms with Crippen molar-refractivity contribution in [3.63, 3.8) is 0 Å². The van der Waals surface area contributed by atoms with E-state index in [-0.39, 0.29) is 10.6 Å². The second-order valence-electron chi connectivity index (χ2n) is 9.19. The van der Waals surface area contributed by atoms with E-state index in [1.165, 1.54) is 10.8 Å². The highest BCUT2D eigenvalue weighted by Gasteiger charge is 2.53. The monoisotopic (exact) mass is 625 g/mol. The first kappa shape index (κ1) is 26.0. The highest BCUT2D eigenvalue weighted by Crippen LogP contribution is 2.41. The highest BCUT2D eigenvalue weighted by molar-refractivity contribution is 6.35. The third kappa shape index (κ3) is 6.87. The summed E-state index contributed by atoms with van der Waals surface area (Å²) in [6.07, 6.45) is -7.64. The van der Waals surface area contributed by atoms with E-state index in [0.29, 0.717) is 21.5 Å². The minimum atomic E-state index is -1.69. The van der Waals surface area contributed by atoms with Gasteiger partial charge in [-0.15, -0.1) is 0 Å². The SMILES string of the molecule is [2H]CC(=O)OC[C@H]1OC(n2cc(C(O)c3ccc(Cl)cc3)c3c(Cl)cccc32)[C@H](OC(=O)C[2H])[C@@H](OC(=O)C[2H])[C@@H]1OC(=O)C[2H]. The van der Waals surface area contributed by atoms with Gasteiger partial charge in [0.15, 0.2) is 24.5 Å². The topological polar surface area (TPSA) is 140 Å². The van der Waals surface area contributed by atoms with Crippen molar-refractivity contribution in [2.75, 3.05) is 6.61 Å². The Morgan fingerprint density at radius 1 is 0.905 bits per heavy atom. The van der Waals surface area contributed by atoms with Gasteiger partial charge in [0.1, 0.15) is 18.8 Å². The summed E-state index contributed by atoms with van der Waals surface area (Å²) >= 11 is 12.6. The van der Waals surface area contributed by atoms with Crippen molar-refractivity contribution < 1.29 is 53.5 Å². The maximum atomic E-state index is 12.6. The van der Waals surface area contributed by atoms with Crippen LogP contribution in [0.5, 0.6) is 0 Å². The quantitative estimate of drug-likeness (QED) is 0.285. The molecule has 1 saturated heterocycles. The Hall–Kier alpha value is -3.64. The summed E-state index contributed by atoms with van der Waals surface area (Å²) in [5, 5.41) is 12.5. The van der Waals surface area contributed by atoms with Gasteiger partial charge in [0.2, 0.25) is 0 Å². The van der Waals surface area contributed by atoms with Crippen molar-refractivity contribution in [1.82, 2.24) is 4.57 Å². The van der Waals surface area contributed by atoms with Gasteiger partial charge in [-0.3, -0.25) is 19.2 Å². The van der Waals surface area contributed by atoms with Crippen molar-refractivity contribution in [3.05, 3.63) is 69.8 Å². The van der Waals surface area contributed by atoms with Gasteiger partial charge in [0.05, 0.1) is 10.5 Å². The van der Waals surface area contributed by atoms with Gasteiger partial charge in [-0.1, -0.05) is 41.4 Å². The zero-order valence-corrected chi connectivity index (χ0v) is 23.5.